The number of hydrogen-bond acceptors (Lipinski definition) is 1. The van der Waals surface area contributed by atoms with Gasteiger partial charge in [-0.25, -0.2) is 0 Å². The molecule has 0 aromatic rings. The van der Waals surface area contributed by atoms with E-state index in [9.17, 15) is 5.11 Å². The molecule has 0 unspecified atom stereocenters. The lowest BCUT2D eigenvalue weighted by molar-refractivity contribution is -0.141. The number of rotatable bonds is 0. The van der Waals surface area contributed by atoms with Gasteiger partial charge in [-0.15, -0.1) is 0 Å². The Hall–Kier alpha value is -0.300. The van der Waals surface area contributed by atoms with Crippen LogP contribution >= 0.6 is 0 Å². The molecule has 1 N–H and O–H groups in total. The smallest absolute Gasteiger partial charge is 0.0675 e. The van der Waals surface area contributed by atoms with Crippen LogP contribution in [0.3, 0.4) is 0 Å². The van der Waals surface area contributed by atoms with E-state index < -0.39 is 5.60 Å². The summed E-state index contributed by atoms with van der Waals surface area (Å²) in [6.45, 7) is 11.5. The van der Waals surface area contributed by atoms with Gasteiger partial charge in [0.15, 0.2) is 0 Å². The molecule has 4 aliphatic carbocycles. The molecule has 7 atom stereocenters. The van der Waals surface area contributed by atoms with Crippen molar-refractivity contribution in [1.29, 1.82) is 0 Å². The Morgan fingerprint density at radius 3 is 2.45 bits per heavy atom. The van der Waals surface area contributed by atoms with Gasteiger partial charge in [0.1, 0.15) is 0 Å². The number of aliphatic hydroxyl groups is 1. The first-order valence-electron chi connectivity index (χ1n) is 9.67. The summed E-state index contributed by atoms with van der Waals surface area (Å²) in [4.78, 5) is 0. The summed E-state index contributed by atoms with van der Waals surface area (Å²) in [6.07, 6.45) is 11.6. The van der Waals surface area contributed by atoms with Gasteiger partial charge in [0.25, 0.3) is 0 Å². The van der Waals surface area contributed by atoms with Crippen molar-refractivity contribution in [3.63, 3.8) is 0 Å². The third-order valence-electron chi connectivity index (χ3n) is 9.10. The van der Waals surface area contributed by atoms with Crippen molar-refractivity contribution in [1.82, 2.24) is 0 Å². The molecule has 1 nitrogen and oxygen atoms in total. The van der Waals surface area contributed by atoms with Gasteiger partial charge in [0, 0.05) is 0 Å². The van der Waals surface area contributed by atoms with Crippen LogP contribution in [0, 0.1) is 34.5 Å². The van der Waals surface area contributed by atoms with E-state index in [2.05, 4.69) is 27.4 Å². The summed E-state index contributed by atoms with van der Waals surface area (Å²) in [5.74, 6) is 3.44. The first-order chi connectivity index (χ1) is 10.3. The molecular formula is C21H34O. The number of hydrogen-bond donors (Lipinski definition) is 1. The van der Waals surface area contributed by atoms with Crippen molar-refractivity contribution in [2.45, 2.75) is 84.2 Å². The molecule has 22 heavy (non-hydrogen) atoms. The minimum atomic E-state index is -0.434. The first-order valence-corrected chi connectivity index (χ1v) is 9.67. The van der Waals surface area contributed by atoms with Crippen LogP contribution in [0.4, 0.5) is 0 Å². The molecule has 0 aromatic carbocycles. The van der Waals surface area contributed by atoms with E-state index in [0.717, 1.165) is 30.1 Å². The second kappa shape index (κ2) is 4.62. The molecule has 4 fully saturated rings. The van der Waals surface area contributed by atoms with Crippen LogP contribution in [0.25, 0.3) is 0 Å². The third-order valence-corrected chi connectivity index (χ3v) is 9.10. The summed E-state index contributed by atoms with van der Waals surface area (Å²) < 4.78 is 0. The van der Waals surface area contributed by atoms with Gasteiger partial charge < -0.3 is 5.11 Å². The van der Waals surface area contributed by atoms with Crippen LogP contribution in [-0.4, -0.2) is 10.7 Å². The Morgan fingerprint density at radius 1 is 0.955 bits per heavy atom. The van der Waals surface area contributed by atoms with Gasteiger partial charge in [-0.2, -0.15) is 0 Å². The zero-order chi connectivity index (χ0) is 15.8. The van der Waals surface area contributed by atoms with Gasteiger partial charge in [-0.1, -0.05) is 26.0 Å². The highest BCUT2D eigenvalue weighted by molar-refractivity contribution is 5.16. The zero-order valence-electron chi connectivity index (χ0n) is 14.8. The quantitative estimate of drug-likeness (QED) is 0.599. The fraction of sp³-hybridized carbons (Fsp3) is 0.905. The Balaban J connectivity index is 1.67. The second-order valence-electron chi connectivity index (χ2n) is 9.89. The summed E-state index contributed by atoms with van der Waals surface area (Å²) >= 11 is 0. The molecule has 1 heteroatoms. The number of allylic oxidation sites excluding steroid dienone is 1. The topological polar surface area (TPSA) is 20.2 Å². The summed E-state index contributed by atoms with van der Waals surface area (Å²) in [5.41, 5.74) is 1.75. The maximum absolute atomic E-state index is 11.0. The van der Waals surface area contributed by atoms with Crippen molar-refractivity contribution < 1.29 is 5.11 Å². The monoisotopic (exact) mass is 302 g/mol. The van der Waals surface area contributed by atoms with Crippen LogP contribution < -0.4 is 0 Å². The minimum Gasteiger partial charge on any atom is -0.390 e. The van der Waals surface area contributed by atoms with Crippen LogP contribution in [0.5, 0.6) is 0 Å². The van der Waals surface area contributed by atoms with Crippen molar-refractivity contribution in [2.75, 3.05) is 0 Å². The molecule has 4 rings (SSSR count). The molecule has 4 aliphatic rings. The fourth-order valence-electron chi connectivity index (χ4n) is 7.53. The van der Waals surface area contributed by atoms with E-state index >= 15 is 0 Å². The molecule has 4 saturated carbocycles. The average molecular weight is 303 g/mol. The van der Waals surface area contributed by atoms with E-state index in [1.165, 1.54) is 56.9 Å². The predicted octanol–water partition coefficient (Wildman–Crippen LogP) is 5.34. The zero-order valence-corrected chi connectivity index (χ0v) is 14.8. The fourth-order valence-corrected chi connectivity index (χ4v) is 7.53. The van der Waals surface area contributed by atoms with E-state index in [-0.39, 0.29) is 5.41 Å². The normalized spacial score (nSPS) is 57.9. The van der Waals surface area contributed by atoms with Gasteiger partial charge in [0.2, 0.25) is 0 Å². The van der Waals surface area contributed by atoms with E-state index in [4.69, 9.17) is 0 Å². The predicted molar refractivity (Wildman–Crippen MR) is 91.5 cm³/mol. The molecule has 0 saturated heterocycles. The Bertz CT molecular complexity index is 492. The van der Waals surface area contributed by atoms with E-state index in [1.807, 2.05) is 0 Å². The second-order valence-corrected chi connectivity index (χ2v) is 9.89. The molecule has 0 amide bonds. The van der Waals surface area contributed by atoms with Crippen molar-refractivity contribution in [3.05, 3.63) is 12.2 Å². The van der Waals surface area contributed by atoms with Crippen molar-refractivity contribution >= 4 is 0 Å². The SMILES string of the molecule is C=C1CC[C@@H]2CC[C@@H]3[C@H](CC[C@@]4(C)[C@H]3CC[C@]4(C)O)[C@@]2(C)C1. The molecule has 0 heterocycles. The molecule has 124 valence electrons. The van der Waals surface area contributed by atoms with Gasteiger partial charge in [0.05, 0.1) is 5.60 Å². The lowest BCUT2D eigenvalue weighted by atomic mass is 9.44. The average Bonchev–Trinajstić information content (AvgIpc) is 2.68. The first kappa shape index (κ1) is 15.2. The van der Waals surface area contributed by atoms with E-state index in [1.54, 1.807) is 0 Å². The maximum Gasteiger partial charge on any atom is 0.0675 e. The van der Waals surface area contributed by atoms with Crippen molar-refractivity contribution in [2.24, 2.45) is 34.5 Å². The highest BCUT2D eigenvalue weighted by atomic mass is 16.3. The van der Waals surface area contributed by atoms with Gasteiger partial charge >= 0.3 is 0 Å². The minimum absolute atomic E-state index is 0.170. The van der Waals surface area contributed by atoms with Crippen LogP contribution in [-0.2, 0) is 0 Å². The molecule has 0 aliphatic heterocycles. The Kier molecular flexibility index (Phi) is 3.20. The van der Waals surface area contributed by atoms with Crippen LogP contribution in [0.1, 0.15) is 78.6 Å². The van der Waals surface area contributed by atoms with Gasteiger partial charge in [-0.05, 0) is 99.2 Å². The summed E-state index contributed by atoms with van der Waals surface area (Å²) in [5, 5.41) is 11.0. The van der Waals surface area contributed by atoms with Crippen molar-refractivity contribution in [3.8, 4) is 0 Å². The lowest BCUT2D eigenvalue weighted by Gasteiger charge is -2.61. The molecule has 0 radical (unpaired) electrons. The summed E-state index contributed by atoms with van der Waals surface area (Å²) in [7, 11) is 0. The third kappa shape index (κ3) is 1.81. The maximum atomic E-state index is 11.0. The molecule has 0 spiro atoms. The standard InChI is InChI=1S/C21H34O/c1-14-5-6-15-7-8-16-17(19(15,2)13-14)9-11-20(3)18(16)10-12-21(20,4)22/h15-18,22H,1,5-13H2,2-4H3/t15-,16-,17+,18+,19+,20+,21+/m1/s1. The molecule has 0 aromatic heterocycles. The van der Waals surface area contributed by atoms with Crippen LogP contribution in [0.15, 0.2) is 12.2 Å². The van der Waals surface area contributed by atoms with E-state index in [0.29, 0.717) is 5.41 Å². The largest absolute Gasteiger partial charge is 0.390 e. The van der Waals surface area contributed by atoms with Gasteiger partial charge in [-0.3, -0.25) is 0 Å². The highest BCUT2D eigenvalue weighted by Crippen LogP contribution is 2.68. The number of fused-ring (bicyclic) bond motifs is 5. The Morgan fingerprint density at radius 2 is 1.68 bits per heavy atom. The Labute approximate surface area is 136 Å². The molecular weight excluding hydrogens is 268 g/mol. The lowest BCUT2D eigenvalue weighted by Crippen LogP contribution is -2.55. The highest BCUT2D eigenvalue weighted by Gasteiger charge is 2.62. The summed E-state index contributed by atoms with van der Waals surface area (Å²) in [6, 6.07) is 0. The molecule has 0 bridgehead atoms. The van der Waals surface area contributed by atoms with Crippen LogP contribution in [0.2, 0.25) is 0 Å².